The summed E-state index contributed by atoms with van der Waals surface area (Å²) in [5.74, 6) is -0.0913. The Morgan fingerprint density at radius 3 is 2.80 bits per heavy atom. The van der Waals surface area contributed by atoms with E-state index in [1.807, 2.05) is 23.6 Å². The molecule has 1 saturated heterocycles. The summed E-state index contributed by atoms with van der Waals surface area (Å²) >= 11 is 1.43. The van der Waals surface area contributed by atoms with Crippen molar-refractivity contribution < 1.29 is 9.59 Å². The highest BCUT2D eigenvalue weighted by Crippen LogP contribution is 2.26. The third-order valence-electron chi connectivity index (χ3n) is 5.16. The van der Waals surface area contributed by atoms with Gasteiger partial charge >= 0.3 is 0 Å². The molecule has 5 heteroatoms. The number of thiophene rings is 1. The van der Waals surface area contributed by atoms with Gasteiger partial charge in [0.15, 0.2) is 0 Å². The Balaban J connectivity index is 1.50. The van der Waals surface area contributed by atoms with E-state index < -0.39 is 0 Å². The van der Waals surface area contributed by atoms with E-state index in [-0.39, 0.29) is 17.9 Å². The molecular weight excluding hydrogens is 332 g/mol. The number of aryl methyl sites for hydroxylation is 2. The molecule has 4 nitrogen and oxygen atoms in total. The van der Waals surface area contributed by atoms with Crippen LogP contribution in [0.4, 0.5) is 5.69 Å². The maximum Gasteiger partial charge on any atom is 0.264 e. The highest BCUT2D eigenvalue weighted by molar-refractivity contribution is 7.12. The first kappa shape index (κ1) is 16.3. The third kappa shape index (κ3) is 3.33. The minimum atomic E-state index is -0.378. The second-order valence-corrected chi connectivity index (χ2v) is 7.76. The van der Waals surface area contributed by atoms with Gasteiger partial charge in [0.05, 0.1) is 4.88 Å². The Labute approximate surface area is 151 Å². The summed E-state index contributed by atoms with van der Waals surface area (Å²) in [6, 6.07) is 9.52. The normalized spacial score (nSPS) is 19.5. The van der Waals surface area contributed by atoms with E-state index in [1.54, 1.807) is 4.90 Å². The van der Waals surface area contributed by atoms with E-state index in [4.69, 9.17) is 0 Å². The standard InChI is InChI=1S/C20H22N2O2S/c23-19(21-16-10-9-14-5-3-6-15(14)13-16)17-7-1-2-11-22(17)20(24)18-8-4-12-25-18/h4,8-10,12-13,17H,1-3,5-7,11H2,(H,21,23)/t17-/m0/s1. The lowest BCUT2D eigenvalue weighted by Gasteiger charge is -2.34. The van der Waals surface area contributed by atoms with Crippen LogP contribution in [0.15, 0.2) is 35.7 Å². The van der Waals surface area contributed by atoms with Crippen molar-refractivity contribution in [2.75, 3.05) is 11.9 Å². The summed E-state index contributed by atoms with van der Waals surface area (Å²) in [6.45, 7) is 0.652. The lowest BCUT2D eigenvalue weighted by atomic mass is 10.0. The van der Waals surface area contributed by atoms with Crippen LogP contribution in [0, 0.1) is 0 Å². The molecule has 0 spiro atoms. The van der Waals surface area contributed by atoms with Gasteiger partial charge in [0.1, 0.15) is 6.04 Å². The second kappa shape index (κ2) is 7.00. The number of nitrogens with one attached hydrogen (secondary N) is 1. The fourth-order valence-electron chi connectivity index (χ4n) is 3.86. The number of carbonyl (C=O) groups is 2. The zero-order valence-electron chi connectivity index (χ0n) is 14.2. The summed E-state index contributed by atoms with van der Waals surface area (Å²) in [4.78, 5) is 28.0. The summed E-state index contributed by atoms with van der Waals surface area (Å²) in [5.41, 5.74) is 3.58. The number of hydrogen-bond acceptors (Lipinski definition) is 3. The second-order valence-electron chi connectivity index (χ2n) is 6.81. The predicted octanol–water partition coefficient (Wildman–Crippen LogP) is 3.87. The molecule has 0 radical (unpaired) electrons. The lowest BCUT2D eigenvalue weighted by molar-refractivity contribution is -0.121. The fourth-order valence-corrected chi connectivity index (χ4v) is 4.54. The number of fused-ring (bicyclic) bond motifs is 1. The molecule has 1 atom stereocenters. The molecular formula is C20H22N2O2S. The zero-order valence-corrected chi connectivity index (χ0v) is 15.0. The lowest BCUT2D eigenvalue weighted by Crippen LogP contribution is -2.49. The first-order valence-electron chi connectivity index (χ1n) is 8.99. The van der Waals surface area contributed by atoms with Gasteiger partial charge in [0.25, 0.3) is 5.91 Å². The van der Waals surface area contributed by atoms with Gasteiger partial charge in [-0.15, -0.1) is 11.3 Å². The van der Waals surface area contributed by atoms with Crippen LogP contribution >= 0.6 is 11.3 Å². The smallest absolute Gasteiger partial charge is 0.264 e. The SMILES string of the molecule is O=C(Nc1ccc2c(c1)CCC2)[C@@H]1CCCCN1C(=O)c1cccs1. The topological polar surface area (TPSA) is 49.4 Å². The van der Waals surface area contributed by atoms with Crippen molar-refractivity contribution in [1.82, 2.24) is 4.90 Å². The van der Waals surface area contributed by atoms with Crippen molar-refractivity contribution in [3.05, 3.63) is 51.7 Å². The number of hydrogen-bond donors (Lipinski definition) is 1. The molecule has 0 saturated carbocycles. The molecule has 1 N–H and O–H groups in total. The predicted molar refractivity (Wildman–Crippen MR) is 100 cm³/mol. The van der Waals surface area contributed by atoms with Crippen LogP contribution in [-0.4, -0.2) is 29.3 Å². The molecule has 1 aliphatic heterocycles. The molecule has 2 amide bonds. The molecule has 1 aliphatic carbocycles. The van der Waals surface area contributed by atoms with Crippen LogP contribution in [0.5, 0.6) is 0 Å². The average molecular weight is 354 g/mol. The van der Waals surface area contributed by atoms with E-state index in [0.717, 1.165) is 37.8 Å². The fraction of sp³-hybridized carbons (Fsp3) is 0.400. The maximum atomic E-state index is 12.9. The molecule has 2 aromatic rings. The van der Waals surface area contributed by atoms with Crippen LogP contribution < -0.4 is 5.32 Å². The number of likely N-dealkylation sites (tertiary alicyclic amines) is 1. The average Bonchev–Trinajstić information content (AvgIpc) is 3.32. The molecule has 25 heavy (non-hydrogen) atoms. The van der Waals surface area contributed by atoms with Gasteiger partial charge in [0.2, 0.25) is 5.91 Å². The van der Waals surface area contributed by atoms with E-state index in [0.29, 0.717) is 11.4 Å². The van der Waals surface area contributed by atoms with Gasteiger partial charge in [-0.1, -0.05) is 12.1 Å². The number of piperidine rings is 1. The largest absolute Gasteiger partial charge is 0.326 e. The highest BCUT2D eigenvalue weighted by atomic mass is 32.1. The summed E-state index contributed by atoms with van der Waals surface area (Å²) in [7, 11) is 0. The third-order valence-corrected chi connectivity index (χ3v) is 6.02. The Bertz CT molecular complexity index is 785. The van der Waals surface area contributed by atoms with Gasteiger partial charge in [-0.05, 0) is 73.2 Å². The molecule has 4 rings (SSSR count). The van der Waals surface area contributed by atoms with Gasteiger partial charge in [0, 0.05) is 12.2 Å². The van der Waals surface area contributed by atoms with Gasteiger partial charge in [-0.25, -0.2) is 0 Å². The molecule has 1 aromatic heterocycles. The van der Waals surface area contributed by atoms with Crippen LogP contribution in [0.1, 0.15) is 46.5 Å². The summed E-state index contributed by atoms with van der Waals surface area (Å²) in [5, 5.41) is 4.94. The van der Waals surface area contributed by atoms with Crippen LogP contribution in [0.2, 0.25) is 0 Å². The van der Waals surface area contributed by atoms with Crippen molar-refractivity contribution in [3.8, 4) is 0 Å². The van der Waals surface area contributed by atoms with Gasteiger partial charge in [-0.2, -0.15) is 0 Å². The van der Waals surface area contributed by atoms with Crippen molar-refractivity contribution in [2.45, 2.75) is 44.6 Å². The highest BCUT2D eigenvalue weighted by Gasteiger charge is 2.33. The first-order chi connectivity index (χ1) is 12.2. The van der Waals surface area contributed by atoms with Gasteiger partial charge in [-0.3, -0.25) is 9.59 Å². The molecule has 130 valence electrons. The Hall–Kier alpha value is -2.14. The molecule has 0 bridgehead atoms. The van der Waals surface area contributed by atoms with Crippen molar-refractivity contribution in [2.24, 2.45) is 0 Å². The quantitative estimate of drug-likeness (QED) is 0.910. The Morgan fingerprint density at radius 2 is 1.96 bits per heavy atom. The maximum absolute atomic E-state index is 12.9. The summed E-state index contributed by atoms with van der Waals surface area (Å²) in [6.07, 6.45) is 6.09. The summed E-state index contributed by atoms with van der Waals surface area (Å²) < 4.78 is 0. The Kier molecular flexibility index (Phi) is 4.57. The van der Waals surface area contributed by atoms with E-state index >= 15 is 0 Å². The van der Waals surface area contributed by atoms with E-state index in [1.165, 1.54) is 28.9 Å². The van der Waals surface area contributed by atoms with Gasteiger partial charge < -0.3 is 10.2 Å². The molecule has 1 fully saturated rings. The van der Waals surface area contributed by atoms with Crippen LogP contribution in [-0.2, 0) is 17.6 Å². The molecule has 0 unspecified atom stereocenters. The minimum absolute atomic E-state index is 0.0243. The number of rotatable bonds is 3. The number of benzene rings is 1. The zero-order chi connectivity index (χ0) is 17.2. The first-order valence-corrected chi connectivity index (χ1v) is 9.87. The monoisotopic (exact) mass is 354 g/mol. The van der Waals surface area contributed by atoms with Crippen molar-refractivity contribution >= 4 is 28.8 Å². The van der Waals surface area contributed by atoms with E-state index in [2.05, 4.69) is 17.4 Å². The van der Waals surface area contributed by atoms with Crippen LogP contribution in [0.25, 0.3) is 0 Å². The van der Waals surface area contributed by atoms with Crippen LogP contribution in [0.3, 0.4) is 0 Å². The molecule has 1 aromatic carbocycles. The number of anilines is 1. The Morgan fingerprint density at radius 1 is 1.08 bits per heavy atom. The number of carbonyl (C=O) groups excluding carboxylic acids is 2. The van der Waals surface area contributed by atoms with Crippen molar-refractivity contribution in [1.29, 1.82) is 0 Å². The number of amides is 2. The van der Waals surface area contributed by atoms with Crippen molar-refractivity contribution in [3.63, 3.8) is 0 Å². The molecule has 2 heterocycles. The van der Waals surface area contributed by atoms with E-state index in [9.17, 15) is 9.59 Å². The minimum Gasteiger partial charge on any atom is -0.326 e. The molecule has 2 aliphatic rings. The number of nitrogens with zero attached hydrogens (tertiary/aromatic N) is 1.